The van der Waals surface area contributed by atoms with Gasteiger partial charge in [-0.05, 0) is 19.3 Å². The van der Waals surface area contributed by atoms with E-state index in [0.29, 0.717) is 5.88 Å². The molecule has 1 aromatic rings. The maximum Gasteiger partial charge on any atom is 0.216 e. The monoisotopic (exact) mass is 237 g/mol. The van der Waals surface area contributed by atoms with Crippen LogP contribution < -0.4 is 10.5 Å². The quantitative estimate of drug-likeness (QED) is 0.872. The van der Waals surface area contributed by atoms with Gasteiger partial charge in [-0.3, -0.25) is 0 Å². The van der Waals surface area contributed by atoms with Crippen LogP contribution in [-0.4, -0.2) is 22.1 Å². The molecular formula is C13H23N3O. The zero-order valence-electron chi connectivity index (χ0n) is 11.4. The fourth-order valence-electron chi connectivity index (χ4n) is 1.33. The van der Waals surface area contributed by atoms with Crippen molar-refractivity contribution in [1.29, 1.82) is 0 Å². The largest absolute Gasteiger partial charge is 0.475 e. The fraction of sp³-hybridized carbons (Fsp3) is 0.692. The van der Waals surface area contributed by atoms with Gasteiger partial charge < -0.3 is 10.5 Å². The summed E-state index contributed by atoms with van der Waals surface area (Å²) in [5.74, 6) is 0.617. The number of nitrogens with two attached hydrogens (primary N) is 1. The number of nitrogens with zero attached hydrogens (tertiary/aromatic N) is 2. The van der Waals surface area contributed by atoms with Crippen LogP contribution in [-0.2, 0) is 6.42 Å². The van der Waals surface area contributed by atoms with Crippen LogP contribution >= 0.6 is 0 Å². The van der Waals surface area contributed by atoms with Crippen molar-refractivity contribution in [2.45, 2.75) is 53.2 Å². The highest BCUT2D eigenvalue weighted by Gasteiger charge is 2.21. The van der Waals surface area contributed by atoms with Gasteiger partial charge in [-0.1, -0.05) is 20.8 Å². The van der Waals surface area contributed by atoms with Gasteiger partial charge in [0.2, 0.25) is 5.88 Å². The van der Waals surface area contributed by atoms with Gasteiger partial charge in [0.15, 0.2) is 0 Å². The van der Waals surface area contributed by atoms with Gasteiger partial charge in [-0.2, -0.15) is 0 Å². The highest BCUT2D eigenvalue weighted by Crippen LogP contribution is 2.20. The Morgan fingerprint density at radius 3 is 2.47 bits per heavy atom. The van der Waals surface area contributed by atoms with E-state index in [1.54, 1.807) is 0 Å². The third kappa shape index (κ3) is 4.69. The van der Waals surface area contributed by atoms with E-state index in [-0.39, 0.29) is 17.6 Å². The van der Waals surface area contributed by atoms with Gasteiger partial charge in [0.05, 0.1) is 6.10 Å². The van der Waals surface area contributed by atoms with Crippen molar-refractivity contribution >= 4 is 0 Å². The summed E-state index contributed by atoms with van der Waals surface area (Å²) in [6.45, 7) is 10.3. The van der Waals surface area contributed by atoms with Crippen molar-refractivity contribution in [3.63, 3.8) is 0 Å². The van der Waals surface area contributed by atoms with Crippen LogP contribution in [0.3, 0.4) is 0 Å². The SMILES string of the molecule is CC(C)Oc1cc(CC(N)C(C)(C)C)ncn1. The molecule has 0 radical (unpaired) electrons. The average Bonchev–Trinajstić information content (AvgIpc) is 2.15. The molecule has 0 aliphatic rings. The first-order valence-corrected chi connectivity index (χ1v) is 6.02. The Balaban J connectivity index is 2.72. The molecule has 0 saturated heterocycles. The molecule has 4 nitrogen and oxygen atoms in total. The molecule has 1 atom stereocenters. The predicted molar refractivity (Wildman–Crippen MR) is 68.9 cm³/mol. The van der Waals surface area contributed by atoms with E-state index in [4.69, 9.17) is 10.5 Å². The second-order valence-electron chi connectivity index (χ2n) is 5.69. The maximum absolute atomic E-state index is 6.13. The lowest BCUT2D eigenvalue weighted by atomic mass is 9.85. The lowest BCUT2D eigenvalue weighted by molar-refractivity contribution is 0.231. The Morgan fingerprint density at radius 1 is 1.29 bits per heavy atom. The van der Waals surface area contributed by atoms with Crippen molar-refractivity contribution in [2.24, 2.45) is 11.1 Å². The van der Waals surface area contributed by atoms with Crippen molar-refractivity contribution in [2.75, 3.05) is 0 Å². The predicted octanol–water partition coefficient (Wildman–Crippen LogP) is 2.18. The normalized spacial score (nSPS) is 13.8. The fourth-order valence-corrected chi connectivity index (χ4v) is 1.33. The van der Waals surface area contributed by atoms with Gasteiger partial charge in [-0.25, -0.2) is 9.97 Å². The van der Waals surface area contributed by atoms with Gasteiger partial charge in [0.1, 0.15) is 6.33 Å². The first kappa shape index (κ1) is 13.9. The summed E-state index contributed by atoms with van der Waals surface area (Å²) < 4.78 is 5.53. The van der Waals surface area contributed by atoms with E-state index in [1.807, 2.05) is 19.9 Å². The topological polar surface area (TPSA) is 61.0 Å². The molecule has 2 N–H and O–H groups in total. The molecule has 0 amide bonds. The minimum Gasteiger partial charge on any atom is -0.475 e. The molecule has 0 aliphatic carbocycles. The van der Waals surface area contributed by atoms with E-state index in [9.17, 15) is 0 Å². The third-order valence-electron chi connectivity index (χ3n) is 2.60. The van der Waals surface area contributed by atoms with Gasteiger partial charge in [-0.15, -0.1) is 0 Å². The van der Waals surface area contributed by atoms with Crippen molar-refractivity contribution < 1.29 is 4.74 Å². The number of hydrogen-bond donors (Lipinski definition) is 1. The second kappa shape index (κ2) is 5.45. The molecule has 1 unspecified atom stereocenters. The molecule has 0 bridgehead atoms. The number of ether oxygens (including phenoxy) is 1. The zero-order valence-corrected chi connectivity index (χ0v) is 11.4. The van der Waals surface area contributed by atoms with Crippen molar-refractivity contribution in [1.82, 2.24) is 9.97 Å². The van der Waals surface area contributed by atoms with E-state index in [2.05, 4.69) is 30.7 Å². The molecule has 0 saturated carbocycles. The molecular weight excluding hydrogens is 214 g/mol. The third-order valence-corrected chi connectivity index (χ3v) is 2.60. The van der Waals surface area contributed by atoms with E-state index >= 15 is 0 Å². The summed E-state index contributed by atoms with van der Waals surface area (Å²) in [4.78, 5) is 8.30. The average molecular weight is 237 g/mol. The lowest BCUT2D eigenvalue weighted by Crippen LogP contribution is -2.37. The summed E-state index contributed by atoms with van der Waals surface area (Å²) in [5.41, 5.74) is 7.14. The Kier molecular flexibility index (Phi) is 4.46. The number of hydrogen-bond acceptors (Lipinski definition) is 4. The highest BCUT2D eigenvalue weighted by atomic mass is 16.5. The summed E-state index contributed by atoms with van der Waals surface area (Å²) in [5, 5.41) is 0. The highest BCUT2D eigenvalue weighted by molar-refractivity contribution is 5.15. The van der Waals surface area contributed by atoms with Crippen LogP contribution in [0.2, 0.25) is 0 Å². The minimum absolute atomic E-state index is 0.0734. The molecule has 0 fully saturated rings. The van der Waals surface area contributed by atoms with Crippen molar-refractivity contribution in [3.8, 4) is 5.88 Å². The van der Waals surface area contributed by atoms with Gasteiger partial charge in [0.25, 0.3) is 0 Å². The van der Waals surface area contributed by atoms with E-state index in [1.165, 1.54) is 6.33 Å². The van der Waals surface area contributed by atoms with Crippen LogP contribution in [0.5, 0.6) is 5.88 Å². The van der Waals surface area contributed by atoms with E-state index in [0.717, 1.165) is 12.1 Å². The molecule has 0 aliphatic heterocycles. The zero-order chi connectivity index (χ0) is 13.1. The smallest absolute Gasteiger partial charge is 0.216 e. The first-order chi connectivity index (χ1) is 7.79. The number of aromatic nitrogens is 2. The summed E-state index contributed by atoms with van der Waals surface area (Å²) in [6, 6.07) is 1.94. The molecule has 0 aromatic carbocycles. The Morgan fingerprint density at radius 2 is 1.94 bits per heavy atom. The Labute approximate surface area is 104 Å². The second-order valence-corrected chi connectivity index (χ2v) is 5.69. The summed E-state index contributed by atoms with van der Waals surface area (Å²) >= 11 is 0. The van der Waals surface area contributed by atoms with E-state index < -0.39 is 0 Å². The van der Waals surface area contributed by atoms with Crippen LogP contribution in [0.25, 0.3) is 0 Å². The first-order valence-electron chi connectivity index (χ1n) is 6.02. The summed E-state index contributed by atoms with van der Waals surface area (Å²) in [7, 11) is 0. The van der Waals surface area contributed by atoms with Crippen LogP contribution in [0, 0.1) is 5.41 Å². The molecule has 0 spiro atoms. The van der Waals surface area contributed by atoms with Gasteiger partial charge in [0, 0.05) is 24.2 Å². The van der Waals surface area contributed by atoms with Gasteiger partial charge >= 0.3 is 0 Å². The summed E-state index contributed by atoms with van der Waals surface area (Å²) in [6.07, 6.45) is 2.39. The Hall–Kier alpha value is -1.16. The van der Waals surface area contributed by atoms with Crippen molar-refractivity contribution in [3.05, 3.63) is 18.1 Å². The lowest BCUT2D eigenvalue weighted by Gasteiger charge is -2.26. The molecule has 17 heavy (non-hydrogen) atoms. The van der Waals surface area contributed by atoms with Crippen LogP contribution in [0.15, 0.2) is 12.4 Å². The maximum atomic E-state index is 6.13. The molecule has 1 aromatic heterocycles. The minimum atomic E-state index is 0.0734. The van der Waals surface area contributed by atoms with Crippen LogP contribution in [0.4, 0.5) is 0 Å². The Bertz CT molecular complexity index is 358. The standard InChI is InChI=1S/C13H23N3O/c1-9(2)17-12-7-10(15-8-16-12)6-11(14)13(3,4)5/h7-9,11H,6,14H2,1-5H3. The molecule has 4 heteroatoms. The number of rotatable bonds is 4. The molecule has 1 rings (SSSR count). The molecule has 1 heterocycles. The van der Waals surface area contributed by atoms with Crippen LogP contribution in [0.1, 0.15) is 40.3 Å². The molecule has 96 valence electrons.